The maximum Gasteiger partial charge on any atom is 0.241 e. The third-order valence-electron chi connectivity index (χ3n) is 5.44. The molecule has 1 aliphatic heterocycles. The number of piperidine rings is 1. The fourth-order valence-electron chi connectivity index (χ4n) is 3.69. The van der Waals surface area contributed by atoms with Crippen LogP contribution in [0.3, 0.4) is 0 Å². The first kappa shape index (κ1) is 22.0. The minimum absolute atomic E-state index is 0.0927. The van der Waals surface area contributed by atoms with Crippen LogP contribution < -0.4 is 16.2 Å². The van der Waals surface area contributed by atoms with Crippen molar-refractivity contribution in [3.8, 4) is 0 Å². The molecular formula is C21H29N5O3S. The molecule has 1 heterocycles. The number of rotatable bonds is 7. The van der Waals surface area contributed by atoms with Gasteiger partial charge in [-0.25, -0.2) is 8.42 Å². The smallest absolute Gasteiger partial charge is 0.241 e. The van der Waals surface area contributed by atoms with Gasteiger partial charge < -0.3 is 16.4 Å². The number of amides is 1. The Balaban J connectivity index is 1.87. The van der Waals surface area contributed by atoms with Crippen LogP contribution in [0.2, 0.25) is 0 Å². The maximum atomic E-state index is 13.2. The fourth-order valence-corrected chi connectivity index (χ4v) is 5.14. The van der Waals surface area contributed by atoms with E-state index < -0.39 is 16.1 Å². The van der Waals surface area contributed by atoms with Crippen LogP contribution in [-0.4, -0.2) is 50.9 Å². The number of hydrogen-bond donors (Lipinski definition) is 3. The Bertz CT molecular complexity index is 1020. The average Bonchev–Trinajstić information content (AvgIpc) is 2.72. The number of aliphatic imine (C=N–C) groups is 1. The van der Waals surface area contributed by atoms with Crippen molar-refractivity contribution < 1.29 is 13.2 Å². The lowest BCUT2D eigenvalue weighted by atomic mass is 9.98. The number of fused-ring (bicyclic) bond motifs is 1. The maximum absolute atomic E-state index is 13.2. The van der Waals surface area contributed by atoms with E-state index in [2.05, 4.69) is 16.6 Å². The minimum Gasteiger partial charge on any atom is -0.370 e. The quantitative estimate of drug-likeness (QED) is 0.451. The fraction of sp³-hybridized carbons (Fsp3) is 0.429. The van der Waals surface area contributed by atoms with Gasteiger partial charge in [-0.2, -0.15) is 4.72 Å². The molecule has 0 radical (unpaired) electrons. The van der Waals surface area contributed by atoms with Crippen LogP contribution in [0, 0.1) is 5.92 Å². The lowest BCUT2D eigenvalue weighted by Gasteiger charge is -2.33. The van der Waals surface area contributed by atoms with Crippen LogP contribution >= 0.6 is 0 Å². The Morgan fingerprint density at radius 2 is 1.83 bits per heavy atom. The highest BCUT2D eigenvalue weighted by molar-refractivity contribution is 7.89. The van der Waals surface area contributed by atoms with Crippen LogP contribution in [0.4, 0.5) is 0 Å². The van der Waals surface area contributed by atoms with Crippen molar-refractivity contribution in [2.75, 3.05) is 19.6 Å². The number of guanidine groups is 1. The molecule has 1 atom stereocenters. The Morgan fingerprint density at radius 3 is 2.53 bits per heavy atom. The number of carbonyl (C=O) groups is 1. The van der Waals surface area contributed by atoms with E-state index in [1.165, 1.54) is 0 Å². The molecule has 0 bridgehead atoms. The zero-order valence-corrected chi connectivity index (χ0v) is 17.9. The van der Waals surface area contributed by atoms with E-state index in [1.807, 2.05) is 18.2 Å². The van der Waals surface area contributed by atoms with Gasteiger partial charge in [0, 0.05) is 25.0 Å². The Morgan fingerprint density at radius 1 is 1.17 bits per heavy atom. The molecule has 2 aromatic rings. The lowest BCUT2D eigenvalue weighted by molar-refractivity contribution is -0.134. The zero-order valence-electron chi connectivity index (χ0n) is 17.1. The van der Waals surface area contributed by atoms with E-state index in [1.54, 1.807) is 29.2 Å². The molecule has 0 aromatic heterocycles. The minimum atomic E-state index is -3.94. The predicted octanol–water partition coefficient (Wildman–Crippen LogP) is 1.41. The molecule has 0 aliphatic carbocycles. The van der Waals surface area contributed by atoms with Gasteiger partial charge in [0.25, 0.3) is 0 Å². The third-order valence-corrected chi connectivity index (χ3v) is 6.97. The summed E-state index contributed by atoms with van der Waals surface area (Å²) in [6, 6.07) is 11.4. The number of nitrogens with two attached hydrogens (primary N) is 2. The number of nitrogens with zero attached hydrogens (tertiary/aromatic N) is 2. The average molecular weight is 432 g/mol. The van der Waals surface area contributed by atoms with E-state index in [-0.39, 0.29) is 29.7 Å². The van der Waals surface area contributed by atoms with Crippen LogP contribution in [0.15, 0.2) is 52.4 Å². The van der Waals surface area contributed by atoms with Crippen LogP contribution in [0.25, 0.3) is 10.8 Å². The van der Waals surface area contributed by atoms with Crippen LogP contribution in [0.1, 0.15) is 26.2 Å². The summed E-state index contributed by atoms with van der Waals surface area (Å²) in [4.78, 5) is 18.9. The van der Waals surface area contributed by atoms with E-state index in [4.69, 9.17) is 11.5 Å². The van der Waals surface area contributed by atoms with Crippen molar-refractivity contribution in [2.24, 2.45) is 22.4 Å². The van der Waals surface area contributed by atoms with E-state index in [0.29, 0.717) is 24.4 Å². The van der Waals surface area contributed by atoms with Gasteiger partial charge in [-0.15, -0.1) is 0 Å². The molecule has 3 rings (SSSR count). The summed E-state index contributed by atoms with van der Waals surface area (Å²) in [6.45, 7) is 3.55. The number of carbonyl (C=O) groups excluding carboxylic acids is 1. The highest BCUT2D eigenvalue weighted by Gasteiger charge is 2.31. The monoisotopic (exact) mass is 431 g/mol. The van der Waals surface area contributed by atoms with Gasteiger partial charge in [0.2, 0.25) is 15.9 Å². The van der Waals surface area contributed by atoms with Crippen LogP contribution in [0.5, 0.6) is 0 Å². The first-order valence-electron chi connectivity index (χ1n) is 10.1. The number of hydrogen-bond acceptors (Lipinski definition) is 4. The second kappa shape index (κ2) is 9.44. The zero-order chi connectivity index (χ0) is 21.7. The van der Waals surface area contributed by atoms with Gasteiger partial charge in [-0.05, 0) is 36.6 Å². The molecule has 0 spiro atoms. The highest BCUT2D eigenvalue weighted by atomic mass is 32.2. The van der Waals surface area contributed by atoms with Gasteiger partial charge in [0.15, 0.2) is 5.96 Å². The molecule has 30 heavy (non-hydrogen) atoms. The molecule has 5 N–H and O–H groups in total. The normalized spacial score (nSPS) is 16.4. The van der Waals surface area contributed by atoms with E-state index in [0.717, 1.165) is 18.2 Å². The molecule has 9 heteroatoms. The van der Waals surface area contributed by atoms with Crippen molar-refractivity contribution in [1.29, 1.82) is 0 Å². The second-order valence-corrected chi connectivity index (χ2v) is 9.44. The molecule has 1 fully saturated rings. The van der Waals surface area contributed by atoms with Gasteiger partial charge >= 0.3 is 0 Å². The van der Waals surface area contributed by atoms with Gasteiger partial charge in [0.05, 0.1) is 4.90 Å². The van der Waals surface area contributed by atoms with Gasteiger partial charge in [0.1, 0.15) is 6.04 Å². The standard InChI is InChI=1S/C21H29N5O3S/c1-15-10-13-26(14-11-15)20(27)18(9-12-24-21(22)23)25-30(28,29)19-8-4-6-16-5-2-3-7-17(16)19/h2-8,15,18,25H,9-14H2,1H3,(H4,22,23,24). The predicted molar refractivity (Wildman–Crippen MR) is 118 cm³/mol. The summed E-state index contributed by atoms with van der Waals surface area (Å²) in [6.07, 6.45) is 1.98. The Labute approximate surface area is 177 Å². The molecule has 162 valence electrons. The van der Waals surface area contributed by atoms with Gasteiger partial charge in [-0.3, -0.25) is 9.79 Å². The molecule has 0 saturated carbocycles. The van der Waals surface area contributed by atoms with Crippen molar-refractivity contribution in [2.45, 2.75) is 37.1 Å². The molecule has 2 aromatic carbocycles. The van der Waals surface area contributed by atoms with Crippen molar-refractivity contribution in [3.63, 3.8) is 0 Å². The summed E-state index contributed by atoms with van der Waals surface area (Å²) in [5, 5.41) is 1.42. The topological polar surface area (TPSA) is 131 Å². The third kappa shape index (κ3) is 5.28. The number of sulfonamides is 1. The molecule has 1 unspecified atom stereocenters. The SMILES string of the molecule is CC1CCN(C(=O)C(CCN=C(N)N)NS(=O)(=O)c2cccc3ccccc23)CC1. The lowest BCUT2D eigenvalue weighted by Crippen LogP contribution is -2.50. The van der Waals surface area contributed by atoms with E-state index >= 15 is 0 Å². The number of likely N-dealkylation sites (tertiary alicyclic amines) is 1. The Hall–Kier alpha value is -2.65. The van der Waals surface area contributed by atoms with Crippen molar-refractivity contribution in [3.05, 3.63) is 42.5 Å². The molecule has 1 aliphatic rings. The summed E-state index contributed by atoms with van der Waals surface area (Å²) in [5.74, 6) is 0.225. The largest absolute Gasteiger partial charge is 0.370 e. The summed E-state index contributed by atoms with van der Waals surface area (Å²) < 4.78 is 29.1. The second-order valence-electron chi connectivity index (χ2n) is 7.75. The molecule has 1 saturated heterocycles. The summed E-state index contributed by atoms with van der Waals surface area (Å²) in [7, 11) is -3.94. The summed E-state index contributed by atoms with van der Waals surface area (Å²) >= 11 is 0. The number of nitrogens with one attached hydrogen (secondary N) is 1. The Kier molecular flexibility index (Phi) is 6.94. The first-order chi connectivity index (χ1) is 14.3. The first-order valence-corrected chi connectivity index (χ1v) is 11.6. The van der Waals surface area contributed by atoms with Gasteiger partial charge in [-0.1, -0.05) is 43.3 Å². The molecular weight excluding hydrogens is 402 g/mol. The summed E-state index contributed by atoms with van der Waals surface area (Å²) in [5.41, 5.74) is 10.8. The number of benzene rings is 2. The highest BCUT2D eigenvalue weighted by Crippen LogP contribution is 2.24. The van der Waals surface area contributed by atoms with Crippen molar-refractivity contribution >= 4 is 32.7 Å². The van der Waals surface area contributed by atoms with E-state index in [9.17, 15) is 13.2 Å². The van der Waals surface area contributed by atoms with Crippen LogP contribution in [-0.2, 0) is 14.8 Å². The van der Waals surface area contributed by atoms with Crippen molar-refractivity contribution in [1.82, 2.24) is 9.62 Å². The molecule has 8 nitrogen and oxygen atoms in total. The molecule has 1 amide bonds.